The number of rotatable bonds is 7. The molecule has 1 rings (SSSR count). The molecule has 0 bridgehead atoms. The second kappa shape index (κ2) is 7.43. The summed E-state index contributed by atoms with van der Waals surface area (Å²) in [5, 5.41) is 0. The lowest BCUT2D eigenvalue weighted by atomic mass is 10.1. The highest BCUT2D eigenvalue weighted by molar-refractivity contribution is 7.87. The van der Waals surface area contributed by atoms with Crippen molar-refractivity contribution in [3.63, 3.8) is 0 Å². The maximum Gasteiger partial charge on any atom is 0.279 e. The summed E-state index contributed by atoms with van der Waals surface area (Å²) in [6.45, 7) is 5.89. The zero-order chi connectivity index (χ0) is 13.6. The Morgan fingerprint density at radius 1 is 1.44 bits per heavy atom. The lowest BCUT2D eigenvalue weighted by molar-refractivity contribution is 0.265. The minimum atomic E-state index is -3.29. The third-order valence-electron chi connectivity index (χ3n) is 3.61. The van der Waals surface area contributed by atoms with E-state index < -0.39 is 10.2 Å². The Bertz CT molecular complexity index is 332. The minimum absolute atomic E-state index is 0.124. The molecule has 2 atom stereocenters. The van der Waals surface area contributed by atoms with Gasteiger partial charge in [-0.05, 0) is 45.1 Å². The molecule has 3 N–H and O–H groups in total. The van der Waals surface area contributed by atoms with Crippen molar-refractivity contribution in [2.45, 2.75) is 52.0 Å². The summed E-state index contributed by atoms with van der Waals surface area (Å²) >= 11 is 0. The van der Waals surface area contributed by atoms with Crippen LogP contribution >= 0.6 is 0 Å². The second-order valence-electron chi connectivity index (χ2n) is 5.34. The van der Waals surface area contributed by atoms with Gasteiger partial charge < -0.3 is 5.73 Å². The molecule has 1 aliphatic rings. The van der Waals surface area contributed by atoms with Crippen LogP contribution in [0.5, 0.6) is 0 Å². The number of nitrogens with one attached hydrogen (secondary N) is 1. The van der Waals surface area contributed by atoms with Crippen LogP contribution in [0.15, 0.2) is 0 Å². The third kappa shape index (κ3) is 4.84. The molecule has 0 aromatic carbocycles. The van der Waals surface area contributed by atoms with Gasteiger partial charge in [-0.2, -0.15) is 12.7 Å². The molecule has 0 amide bonds. The predicted molar refractivity (Wildman–Crippen MR) is 74.4 cm³/mol. The molecule has 0 saturated carbocycles. The molecule has 5 nitrogen and oxygen atoms in total. The van der Waals surface area contributed by atoms with Gasteiger partial charge in [-0.3, -0.25) is 0 Å². The summed E-state index contributed by atoms with van der Waals surface area (Å²) in [7, 11) is -3.29. The molecule has 18 heavy (non-hydrogen) atoms. The summed E-state index contributed by atoms with van der Waals surface area (Å²) in [6.07, 6.45) is 4.87. The normalized spacial score (nSPS) is 24.1. The first-order valence-corrected chi connectivity index (χ1v) is 8.38. The van der Waals surface area contributed by atoms with Crippen molar-refractivity contribution in [3.8, 4) is 0 Å². The summed E-state index contributed by atoms with van der Waals surface area (Å²) in [5.74, 6) is 0.461. The molecule has 1 heterocycles. The first-order chi connectivity index (χ1) is 8.47. The average molecular weight is 277 g/mol. The lowest BCUT2D eigenvalue weighted by Crippen LogP contribution is -2.48. The van der Waals surface area contributed by atoms with Gasteiger partial charge in [0.25, 0.3) is 10.2 Å². The molecule has 0 radical (unpaired) electrons. The van der Waals surface area contributed by atoms with Gasteiger partial charge in [0, 0.05) is 19.1 Å². The molecule has 0 spiro atoms. The Kier molecular flexibility index (Phi) is 6.55. The van der Waals surface area contributed by atoms with E-state index in [0.29, 0.717) is 25.6 Å². The van der Waals surface area contributed by atoms with E-state index in [1.54, 1.807) is 4.31 Å². The van der Waals surface area contributed by atoms with Crippen molar-refractivity contribution in [1.82, 2.24) is 9.03 Å². The van der Waals surface area contributed by atoms with Crippen LogP contribution in [0.3, 0.4) is 0 Å². The second-order valence-corrected chi connectivity index (χ2v) is 7.05. The van der Waals surface area contributed by atoms with Crippen LogP contribution in [-0.4, -0.2) is 38.4 Å². The van der Waals surface area contributed by atoms with Crippen molar-refractivity contribution >= 4 is 10.2 Å². The monoisotopic (exact) mass is 277 g/mol. The van der Waals surface area contributed by atoms with E-state index in [1.165, 1.54) is 0 Å². The number of nitrogens with zero attached hydrogens (tertiary/aromatic N) is 1. The molecule has 1 aliphatic heterocycles. The Morgan fingerprint density at radius 3 is 2.78 bits per heavy atom. The maximum atomic E-state index is 12.1. The number of piperidine rings is 1. The van der Waals surface area contributed by atoms with E-state index in [1.807, 2.05) is 6.92 Å². The molecule has 6 heteroatoms. The molecule has 1 fully saturated rings. The van der Waals surface area contributed by atoms with Gasteiger partial charge in [-0.25, -0.2) is 4.72 Å². The third-order valence-corrected chi connectivity index (χ3v) is 5.34. The Labute approximate surface area is 111 Å². The highest BCUT2D eigenvalue weighted by Gasteiger charge is 2.28. The maximum absolute atomic E-state index is 12.1. The fourth-order valence-electron chi connectivity index (χ4n) is 2.28. The largest absolute Gasteiger partial charge is 0.330 e. The van der Waals surface area contributed by atoms with Crippen LogP contribution in [0.4, 0.5) is 0 Å². The van der Waals surface area contributed by atoms with Crippen molar-refractivity contribution in [1.29, 1.82) is 0 Å². The van der Waals surface area contributed by atoms with Gasteiger partial charge in [0.2, 0.25) is 0 Å². The van der Waals surface area contributed by atoms with Crippen LogP contribution < -0.4 is 10.5 Å². The van der Waals surface area contributed by atoms with Crippen LogP contribution in [0.25, 0.3) is 0 Å². The van der Waals surface area contributed by atoms with Gasteiger partial charge in [-0.15, -0.1) is 0 Å². The molecule has 2 unspecified atom stereocenters. The smallest absolute Gasteiger partial charge is 0.279 e. The van der Waals surface area contributed by atoms with E-state index in [9.17, 15) is 8.42 Å². The van der Waals surface area contributed by atoms with Gasteiger partial charge in [0.1, 0.15) is 0 Å². The standard InChI is InChI=1S/C12H27N3O2S/c1-11(10-13)6-5-8-14-18(16,17)15-9-4-3-7-12(15)2/h11-12,14H,3-10,13H2,1-2H3. The first-order valence-electron chi connectivity index (χ1n) is 6.94. The van der Waals surface area contributed by atoms with Crippen molar-refractivity contribution in [2.75, 3.05) is 19.6 Å². The zero-order valence-corrected chi connectivity index (χ0v) is 12.4. The van der Waals surface area contributed by atoms with Gasteiger partial charge in [0.15, 0.2) is 0 Å². The van der Waals surface area contributed by atoms with Crippen LogP contribution in [0.2, 0.25) is 0 Å². The van der Waals surface area contributed by atoms with E-state index in [-0.39, 0.29) is 6.04 Å². The molecular weight excluding hydrogens is 250 g/mol. The SMILES string of the molecule is CC(CN)CCCNS(=O)(=O)N1CCCCC1C. The van der Waals surface area contributed by atoms with E-state index >= 15 is 0 Å². The topological polar surface area (TPSA) is 75.4 Å². The number of hydrogen-bond acceptors (Lipinski definition) is 3. The average Bonchev–Trinajstić information content (AvgIpc) is 2.34. The molecule has 0 aliphatic carbocycles. The van der Waals surface area contributed by atoms with Crippen LogP contribution in [-0.2, 0) is 10.2 Å². The minimum Gasteiger partial charge on any atom is -0.330 e. The molecule has 0 aromatic heterocycles. The Morgan fingerprint density at radius 2 is 2.17 bits per heavy atom. The zero-order valence-electron chi connectivity index (χ0n) is 11.6. The van der Waals surface area contributed by atoms with Crippen molar-refractivity contribution in [3.05, 3.63) is 0 Å². The first kappa shape index (κ1) is 15.9. The van der Waals surface area contributed by atoms with E-state index in [0.717, 1.165) is 32.1 Å². The number of nitrogens with two attached hydrogens (primary N) is 1. The predicted octanol–water partition coefficient (Wildman–Crippen LogP) is 1.07. The lowest BCUT2D eigenvalue weighted by Gasteiger charge is -2.32. The summed E-state index contributed by atoms with van der Waals surface area (Å²) in [6, 6.07) is 0.124. The Hall–Kier alpha value is -0.170. The highest BCUT2D eigenvalue weighted by Crippen LogP contribution is 2.19. The van der Waals surface area contributed by atoms with E-state index in [4.69, 9.17) is 5.73 Å². The quantitative estimate of drug-likeness (QED) is 0.684. The molecule has 0 aromatic rings. The van der Waals surface area contributed by atoms with E-state index in [2.05, 4.69) is 11.6 Å². The number of hydrogen-bond donors (Lipinski definition) is 2. The van der Waals surface area contributed by atoms with Crippen LogP contribution in [0.1, 0.15) is 46.0 Å². The van der Waals surface area contributed by atoms with Gasteiger partial charge >= 0.3 is 0 Å². The van der Waals surface area contributed by atoms with Crippen molar-refractivity contribution < 1.29 is 8.42 Å². The van der Waals surface area contributed by atoms with Crippen LogP contribution in [0, 0.1) is 5.92 Å². The summed E-state index contributed by atoms with van der Waals surface area (Å²) in [4.78, 5) is 0. The molecular formula is C12H27N3O2S. The molecule has 108 valence electrons. The highest BCUT2D eigenvalue weighted by atomic mass is 32.2. The fraction of sp³-hybridized carbons (Fsp3) is 1.00. The fourth-order valence-corrected chi connectivity index (χ4v) is 3.80. The summed E-state index contributed by atoms with van der Waals surface area (Å²) < 4.78 is 28.5. The van der Waals surface area contributed by atoms with Gasteiger partial charge in [-0.1, -0.05) is 13.3 Å². The summed E-state index contributed by atoms with van der Waals surface area (Å²) in [5.41, 5.74) is 5.53. The van der Waals surface area contributed by atoms with Crippen molar-refractivity contribution in [2.24, 2.45) is 11.7 Å². The Balaban J connectivity index is 2.35. The molecule has 1 saturated heterocycles. The van der Waals surface area contributed by atoms with Gasteiger partial charge in [0.05, 0.1) is 0 Å².